The highest BCUT2D eigenvalue weighted by atomic mass is 79.9. The molecule has 1 fully saturated rings. The van der Waals surface area contributed by atoms with Gasteiger partial charge in [0.2, 0.25) is 0 Å². The summed E-state index contributed by atoms with van der Waals surface area (Å²) >= 11 is 3.24. The molecule has 1 unspecified atom stereocenters. The van der Waals surface area contributed by atoms with E-state index in [2.05, 4.69) is 20.7 Å². The molecule has 1 heterocycles. The number of urea groups is 1. The standard InChI is InChI=1S/C12H13BrN4O4S/c1-16-10(14)9(11(18)17(2)12(16)19)22(20,21)15-8-5-3-7(13)4-6-8/h3-6,9,14-15H,1-2H3/p+1. The number of amidine groups is 1. The molecule has 0 aromatic heterocycles. The molecule has 0 saturated carbocycles. The van der Waals surface area contributed by atoms with Gasteiger partial charge < -0.3 is 0 Å². The van der Waals surface area contributed by atoms with Crippen LogP contribution >= 0.6 is 15.9 Å². The van der Waals surface area contributed by atoms with Crippen LogP contribution in [0.5, 0.6) is 0 Å². The lowest BCUT2D eigenvalue weighted by atomic mass is 10.2. The Balaban J connectivity index is 2.35. The molecule has 3 N–H and O–H groups in total. The minimum Gasteiger partial charge on any atom is -0.289 e. The molecule has 1 aliphatic rings. The third-order valence-electron chi connectivity index (χ3n) is 3.20. The minimum atomic E-state index is -4.15. The van der Waals surface area contributed by atoms with Crippen molar-refractivity contribution in [2.24, 2.45) is 0 Å². The lowest BCUT2D eigenvalue weighted by Gasteiger charge is -2.29. The fourth-order valence-corrected chi connectivity index (χ4v) is 3.69. The fraction of sp³-hybridized carbons (Fsp3) is 0.250. The maximum Gasteiger partial charge on any atom is 0.417 e. The Kier molecular flexibility index (Phi) is 4.25. The predicted octanol–water partition coefficient (Wildman–Crippen LogP) is -0.759. The van der Waals surface area contributed by atoms with Crippen molar-refractivity contribution < 1.29 is 23.4 Å². The molecule has 1 aromatic carbocycles. The second-order valence-corrected chi connectivity index (χ2v) is 7.38. The summed E-state index contributed by atoms with van der Waals surface area (Å²) in [5, 5.41) is 4.01. The van der Waals surface area contributed by atoms with Gasteiger partial charge in [-0.05, 0) is 24.3 Å². The van der Waals surface area contributed by atoms with E-state index in [1.807, 2.05) is 0 Å². The Morgan fingerprint density at radius 3 is 2.23 bits per heavy atom. The van der Waals surface area contributed by atoms with Crippen LogP contribution in [0.2, 0.25) is 0 Å². The lowest BCUT2D eigenvalue weighted by molar-refractivity contribution is -0.140. The molecule has 0 spiro atoms. The van der Waals surface area contributed by atoms with Gasteiger partial charge in [0.15, 0.2) is 0 Å². The Bertz CT molecular complexity index is 723. The SMILES string of the molecule is CN1C(=[NH2+])C(S(=O)(=O)Nc2ccc(Br)cc2)C(=O)N(C)C1=O. The van der Waals surface area contributed by atoms with Crippen molar-refractivity contribution in [3.63, 3.8) is 0 Å². The number of nitrogens with zero attached hydrogens (tertiary/aromatic N) is 2. The Labute approximate surface area is 135 Å². The molecule has 118 valence electrons. The summed E-state index contributed by atoms with van der Waals surface area (Å²) in [4.78, 5) is 25.5. The van der Waals surface area contributed by atoms with Crippen molar-refractivity contribution in [1.29, 1.82) is 0 Å². The van der Waals surface area contributed by atoms with E-state index in [0.29, 0.717) is 0 Å². The molecule has 1 aliphatic heterocycles. The van der Waals surface area contributed by atoms with Crippen molar-refractivity contribution in [3.05, 3.63) is 28.7 Å². The number of nitrogens with one attached hydrogen (secondary N) is 1. The van der Waals surface area contributed by atoms with E-state index >= 15 is 0 Å². The zero-order valence-electron chi connectivity index (χ0n) is 11.8. The summed E-state index contributed by atoms with van der Waals surface area (Å²) in [5.74, 6) is -1.23. The summed E-state index contributed by atoms with van der Waals surface area (Å²) in [6, 6.07) is 5.68. The zero-order valence-corrected chi connectivity index (χ0v) is 14.2. The molecule has 10 heteroatoms. The topological polar surface area (TPSA) is 112 Å². The molecule has 1 aromatic rings. The van der Waals surface area contributed by atoms with E-state index in [4.69, 9.17) is 5.41 Å². The van der Waals surface area contributed by atoms with Crippen molar-refractivity contribution in [3.8, 4) is 0 Å². The first-order valence-electron chi connectivity index (χ1n) is 6.10. The van der Waals surface area contributed by atoms with Gasteiger partial charge in [-0.1, -0.05) is 15.9 Å². The number of hydrogen-bond donors (Lipinski definition) is 2. The van der Waals surface area contributed by atoms with Gasteiger partial charge in [0.25, 0.3) is 27.0 Å². The van der Waals surface area contributed by atoms with Crippen LogP contribution in [-0.2, 0) is 14.8 Å². The molecule has 0 radical (unpaired) electrons. The molecule has 1 atom stereocenters. The van der Waals surface area contributed by atoms with Gasteiger partial charge in [-0.25, -0.2) is 18.1 Å². The number of carbonyl (C=O) groups is 2. The molecular weight excluding hydrogens is 376 g/mol. The summed E-state index contributed by atoms with van der Waals surface area (Å²) in [6.45, 7) is 0. The lowest BCUT2D eigenvalue weighted by Crippen LogP contribution is -2.70. The first kappa shape index (κ1) is 16.4. The van der Waals surface area contributed by atoms with Crippen molar-refractivity contribution in [1.82, 2.24) is 9.80 Å². The zero-order chi connectivity index (χ0) is 16.7. The van der Waals surface area contributed by atoms with Crippen LogP contribution in [0.3, 0.4) is 0 Å². The van der Waals surface area contributed by atoms with Gasteiger partial charge in [0.1, 0.15) is 0 Å². The number of sulfonamides is 1. The second-order valence-electron chi connectivity index (χ2n) is 4.70. The van der Waals surface area contributed by atoms with E-state index < -0.39 is 27.2 Å². The number of hydrogen-bond acceptors (Lipinski definition) is 4. The first-order chi connectivity index (χ1) is 10.1. The van der Waals surface area contributed by atoms with Gasteiger partial charge in [-0.2, -0.15) is 4.90 Å². The normalized spacial score (nSPS) is 19.6. The van der Waals surface area contributed by atoms with Crippen molar-refractivity contribution in [2.75, 3.05) is 18.8 Å². The molecule has 2 rings (SSSR count). The van der Waals surface area contributed by atoms with Gasteiger partial charge in [-0.3, -0.25) is 14.9 Å². The summed E-state index contributed by atoms with van der Waals surface area (Å²) < 4.78 is 28.0. The third-order valence-corrected chi connectivity index (χ3v) is 5.31. The molecule has 3 amide bonds. The average molecular weight is 390 g/mol. The van der Waals surface area contributed by atoms with Gasteiger partial charge >= 0.3 is 6.03 Å². The highest BCUT2D eigenvalue weighted by Crippen LogP contribution is 2.20. The number of halogens is 1. The van der Waals surface area contributed by atoms with E-state index in [9.17, 15) is 18.0 Å². The molecular formula is C12H14BrN4O4S+. The number of carbonyl (C=O) groups excluding carboxylic acids is 2. The van der Waals surface area contributed by atoms with Crippen LogP contribution in [0.4, 0.5) is 10.5 Å². The Morgan fingerprint density at radius 2 is 1.68 bits per heavy atom. The quantitative estimate of drug-likeness (QED) is 0.707. The maximum atomic E-state index is 12.4. The summed E-state index contributed by atoms with van der Waals surface area (Å²) in [7, 11) is -1.64. The highest BCUT2D eigenvalue weighted by molar-refractivity contribution is 9.10. The number of nitrogens with two attached hydrogens (primary N) is 1. The van der Waals surface area contributed by atoms with Gasteiger partial charge in [-0.15, -0.1) is 0 Å². The number of imide groups is 1. The van der Waals surface area contributed by atoms with Crippen LogP contribution < -0.4 is 10.1 Å². The van der Waals surface area contributed by atoms with Crippen LogP contribution in [0.1, 0.15) is 0 Å². The molecule has 22 heavy (non-hydrogen) atoms. The monoisotopic (exact) mass is 389 g/mol. The average Bonchev–Trinajstić information content (AvgIpc) is 2.45. The number of rotatable bonds is 3. The Morgan fingerprint density at radius 1 is 1.14 bits per heavy atom. The number of anilines is 1. The smallest absolute Gasteiger partial charge is 0.289 e. The second kappa shape index (κ2) is 5.69. The van der Waals surface area contributed by atoms with Crippen LogP contribution in [0, 0.1) is 0 Å². The largest absolute Gasteiger partial charge is 0.417 e. The summed E-state index contributed by atoms with van der Waals surface area (Å²) in [6.07, 6.45) is 0. The van der Waals surface area contributed by atoms with Crippen LogP contribution in [-0.4, -0.2) is 55.3 Å². The van der Waals surface area contributed by atoms with Gasteiger partial charge in [0, 0.05) is 17.2 Å². The van der Waals surface area contributed by atoms with Crippen molar-refractivity contribution >= 4 is 49.4 Å². The maximum absolute atomic E-state index is 12.4. The van der Waals surface area contributed by atoms with E-state index in [1.165, 1.54) is 26.2 Å². The van der Waals surface area contributed by atoms with Crippen molar-refractivity contribution in [2.45, 2.75) is 5.25 Å². The molecule has 1 saturated heterocycles. The van der Waals surface area contributed by atoms with Crippen LogP contribution in [0.15, 0.2) is 28.7 Å². The van der Waals surface area contributed by atoms with E-state index in [1.54, 1.807) is 12.1 Å². The highest BCUT2D eigenvalue weighted by Gasteiger charge is 2.52. The number of benzene rings is 1. The minimum absolute atomic E-state index is 0.283. The van der Waals surface area contributed by atoms with E-state index in [-0.39, 0.29) is 11.5 Å². The van der Waals surface area contributed by atoms with E-state index in [0.717, 1.165) is 14.3 Å². The predicted molar refractivity (Wildman–Crippen MR) is 83.3 cm³/mol. The first-order valence-corrected chi connectivity index (χ1v) is 8.44. The number of amides is 3. The molecule has 8 nitrogen and oxygen atoms in total. The molecule has 0 bridgehead atoms. The van der Waals surface area contributed by atoms with Crippen LogP contribution in [0.25, 0.3) is 0 Å². The third kappa shape index (κ3) is 2.83. The molecule has 0 aliphatic carbocycles. The Hall–Kier alpha value is -1.94. The fourth-order valence-electron chi connectivity index (χ4n) is 1.94. The summed E-state index contributed by atoms with van der Waals surface area (Å²) in [5.41, 5.74) is 0.283. The van der Waals surface area contributed by atoms with Gasteiger partial charge in [0.05, 0.1) is 7.05 Å².